The van der Waals surface area contributed by atoms with Gasteiger partial charge in [-0.3, -0.25) is 9.59 Å². The zero-order valence-electron chi connectivity index (χ0n) is 8.96. The smallest absolute Gasteiger partial charge is 0.231 e. The summed E-state index contributed by atoms with van der Waals surface area (Å²) in [7, 11) is 0. The average Bonchev–Trinajstić information content (AvgIpc) is 2.74. The molecule has 17 heavy (non-hydrogen) atoms. The minimum atomic E-state index is -0.315. The van der Waals surface area contributed by atoms with E-state index in [1.807, 2.05) is 0 Å². The second kappa shape index (κ2) is 6.02. The number of rotatable bonds is 4. The second-order valence-corrected chi connectivity index (χ2v) is 5.44. The normalized spacial score (nSPS) is 19.3. The number of nitrogens with one attached hydrogen (secondary N) is 1. The molecule has 1 aliphatic rings. The van der Waals surface area contributed by atoms with Crippen molar-refractivity contribution in [3.63, 3.8) is 0 Å². The maximum atomic E-state index is 11.6. The Morgan fingerprint density at radius 1 is 1.53 bits per heavy atom. The third kappa shape index (κ3) is 3.71. The van der Waals surface area contributed by atoms with Crippen LogP contribution < -0.4 is 5.32 Å². The van der Waals surface area contributed by atoms with Crippen LogP contribution in [-0.2, 0) is 9.59 Å². The van der Waals surface area contributed by atoms with Crippen molar-refractivity contribution in [2.75, 3.05) is 11.5 Å². The highest BCUT2D eigenvalue weighted by Gasteiger charge is 2.26. The van der Waals surface area contributed by atoms with Gasteiger partial charge in [0.15, 0.2) is 5.16 Å². The van der Waals surface area contributed by atoms with E-state index in [-0.39, 0.29) is 22.8 Å². The van der Waals surface area contributed by atoms with E-state index in [1.54, 1.807) is 18.5 Å². The van der Waals surface area contributed by atoms with Gasteiger partial charge in [-0.1, -0.05) is 23.5 Å². The first kappa shape index (κ1) is 12.4. The van der Waals surface area contributed by atoms with Gasteiger partial charge in [0.05, 0.1) is 11.8 Å². The minimum absolute atomic E-state index is 0.0549. The lowest BCUT2D eigenvalue weighted by molar-refractivity contribution is -0.122. The Kier molecular flexibility index (Phi) is 4.38. The van der Waals surface area contributed by atoms with Crippen LogP contribution in [0.5, 0.6) is 0 Å². The topological polar surface area (TPSA) is 72.0 Å². The Morgan fingerprint density at radius 2 is 2.29 bits per heavy atom. The number of nitrogens with zero attached hydrogens (tertiary/aromatic N) is 2. The summed E-state index contributed by atoms with van der Waals surface area (Å²) < 4.78 is 0. The van der Waals surface area contributed by atoms with Crippen LogP contribution in [0.25, 0.3) is 0 Å². The molecule has 1 fully saturated rings. The van der Waals surface area contributed by atoms with Crippen molar-refractivity contribution >= 4 is 34.5 Å². The molecule has 5 nitrogen and oxygen atoms in total. The number of thioether (sulfide) groups is 2. The fourth-order valence-electron chi connectivity index (χ4n) is 1.35. The average molecular weight is 269 g/mol. The molecule has 0 aromatic carbocycles. The number of hydrogen-bond donors (Lipinski definition) is 1. The van der Waals surface area contributed by atoms with E-state index in [0.717, 1.165) is 12.2 Å². The number of carbonyl (C=O) groups is 2. The highest BCUT2D eigenvalue weighted by atomic mass is 32.2. The molecule has 1 aliphatic heterocycles. The summed E-state index contributed by atoms with van der Waals surface area (Å²) in [4.78, 5) is 30.9. The van der Waals surface area contributed by atoms with Crippen LogP contribution in [0.1, 0.15) is 6.42 Å². The van der Waals surface area contributed by atoms with Crippen LogP contribution >= 0.6 is 23.5 Å². The molecule has 1 saturated heterocycles. The van der Waals surface area contributed by atoms with Gasteiger partial charge in [-0.25, -0.2) is 9.97 Å². The van der Waals surface area contributed by atoms with Crippen molar-refractivity contribution in [3.05, 3.63) is 18.5 Å². The van der Waals surface area contributed by atoms with Gasteiger partial charge in [0.1, 0.15) is 0 Å². The number of aromatic nitrogens is 2. The maximum Gasteiger partial charge on any atom is 0.231 e. The third-order valence-corrected chi connectivity index (χ3v) is 4.03. The quantitative estimate of drug-likeness (QED) is 0.641. The van der Waals surface area contributed by atoms with E-state index in [0.29, 0.717) is 5.16 Å². The van der Waals surface area contributed by atoms with Gasteiger partial charge in [-0.05, 0) is 12.5 Å². The molecule has 1 amide bonds. The van der Waals surface area contributed by atoms with Crippen LogP contribution in [-0.4, -0.2) is 38.5 Å². The molecule has 1 unspecified atom stereocenters. The van der Waals surface area contributed by atoms with Crippen molar-refractivity contribution in [3.8, 4) is 0 Å². The van der Waals surface area contributed by atoms with Gasteiger partial charge >= 0.3 is 0 Å². The summed E-state index contributed by atoms with van der Waals surface area (Å²) in [6, 6.07) is 1.41. The molecule has 0 radical (unpaired) electrons. The van der Waals surface area contributed by atoms with Gasteiger partial charge in [0.2, 0.25) is 11.0 Å². The number of hydrogen-bond acceptors (Lipinski definition) is 6. The Morgan fingerprint density at radius 3 is 2.94 bits per heavy atom. The molecule has 0 saturated carbocycles. The Bertz CT molecular complexity index is 413. The molecule has 1 N–H and O–H groups in total. The van der Waals surface area contributed by atoms with Gasteiger partial charge in [0, 0.05) is 18.1 Å². The number of carbonyl (C=O) groups excluding carboxylic acids is 2. The van der Waals surface area contributed by atoms with Gasteiger partial charge in [-0.2, -0.15) is 0 Å². The van der Waals surface area contributed by atoms with Crippen molar-refractivity contribution in [2.24, 2.45) is 0 Å². The molecule has 1 atom stereocenters. The van der Waals surface area contributed by atoms with E-state index < -0.39 is 0 Å². The maximum absolute atomic E-state index is 11.6. The van der Waals surface area contributed by atoms with Gasteiger partial charge in [-0.15, -0.1) is 0 Å². The van der Waals surface area contributed by atoms with Crippen molar-refractivity contribution in [1.29, 1.82) is 0 Å². The molecule has 1 aromatic rings. The molecule has 1 aromatic heterocycles. The molecule has 2 heterocycles. The molecular weight excluding hydrogens is 258 g/mol. The fraction of sp³-hybridized carbons (Fsp3) is 0.400. The van der Waals surface area contributed by atoms with Crippen LogP contribution in [0.2, 0.25) is 0 Å². The predicted octanol–water partition coefficient (Wildman–Crippen LogP) is 0.717. The predicted molar refractivity (Wildman–Crippen MR) is 66.8 cm³/mol. The molecule has 0 spiro atoms. The largest absolute Gasteiger partial charge is 0.345 e. The molecule has 2 rings (SSSR count). The minimum Gasteiger partial charge on any atom is -0.345 e. The summed E-state index contributed by atoms with van der Waals surface area (Å²) in [5.74, 6) is 0.875. The van der Waals surface area contributed by atoms with E-state index in [4.69, 9.17) is 0 Å². The standard InChI is InChI=1S/C10H11N3O2S2/c14-8(13-7-2-5-16-9(7)15)6-17-10-11-3-1-4-12-10/h1,3-4,7H,2,5-6H2,(H,13,14). The Hall–Kier alpha value is -1.08. The SMILES string of the molecule is O=C(CSc1ncccn1)NC1CCSC1=O. The summed E-state index contributed by atoms with van der Waals surface area (Å²) in [6.45, 7) is 0. The molecule has 90 valence electrons. The first-order valence-corrected chi connectivity index (χ1v) is 7.08. The zero-order valence-corrected chi connectivity index (χ0v) is 10.6. The highest BCUT2D eigenvalue weighted by molar-refractivity contribution is 8.14. The van der Waals surface area contributed by atoms with Crippen molar-refractivity contribution in [1.82, 2.24) is 15.3 Å². The van der Waals surface area contributed by atoms with Crippen LogP contribution in [0.4, 0.5) is 0 Å². The lowest BCUT2D eigenvalue weighted by Crippen LogP contribution is -2.38. The second-order valence-electron chi connectivity index (χ2n) is 3.40. The lowest BCUT2D eigenvalue weighted by atomic mass is 10.2. The van der Waals surface area contributed by atoms with Gasteiger partial charge < -0.3 is 5.32 Å². The molecule has 7 heteroatoms. The Labute approximate surface area is 107 Å². The highest BCUT2D eigenvalue weighted by Crippen LogP contribution is 2.19. The summed E-state index contributed by atoms with van der Waals surface area (Å²) >= 11 is 2.54. The van der Waals surface area contributed by atoms with Gasteiger partial charge in [0.25, 0.3) is 0 Å². The van der Waals surface area contributed by atoms with Crippen LogP contribution in [0.3, 0.4) is 0 Å². The molecule has 0 aliphatic carbocycles. The van der Waals surface area contributed by atoms with E-state index in [2.05, 4.69) is 15.3 Å². The van der Waals surface area contributed by atoms with E-state index in [1.165, 1.54) is 23.5 Å². The zero-order chi connectivity index (χ0) is 12.1. The van der Waals surface area contributed by atoms with E-state index >= 15 is 0 Å². The first-order valence-electron chi connectivity index (χ1n) is 5.11. The van der Waals surface area contributed by atoms with Crippen LogP contribution in [0, 0.1) is 0 Å². The molecule has 0 bridgehead atoms. The first-order chi connectivity index (χ1) is 8.25. The summed E-state index contributed by atoms with van der Waals surface area (Å²) in [6.07, 6.45) is 3.98. The number of amides is 1. The fourth-order valence-corrected chi connectivity index (χ4v) is 2.90. The van der Waals surface area contributed by atoms with Crippen molar-refractivity contribution in [2.45, 2.75) is 17.6 Å². The summed E-state index contributed by atoms with van der Waals surface area (Å²) in [5.41, 5.74) is 0. The van der Waals surface area contributed by atoms with E-state index in [9.17, 15) is 9.59 Å². The molecular formula is C10H11N3O2S2. The van der Waals surface area contributed by atoms with Crippen molar-refractivity contribution < 1.29 is 9.59 Å². The monoisotopic (exact) mass is 269 g/mol. The lowest BCUT2D eigenvalue weighted by Gasteiger charge is -2.09. The Balaban J connectivity index is 1.76. The third-order valence-electron chi connectivity index (χ3n) is 2.15. The summed E-state index contributed by atoms with van der Waals surface area (Å²) in [5, 5.41) is 3.33. The van der Waals surface area contributed by atoms with Crippen LogP contribution in [0.15, 0.2) is 23.6 Å².